The van der Waals surface area contributed by atoms with Crippen molar-refractivity contribution in [1.29, 1.82) is 0 Å². The summed E-state index contributed by atoms with van der Waals surface area (Å²) in [7, 11) is -3.42. The van der Waals surface area contributed by atoms with E-state index in [0.29, 0.717) is 17.7 Å². The molecule has 1 heterocycles. The third kappa shape index (κ3) is 3.34. The van der Waals surface area contributed by atoms with Gasteiger partial charge in [0.15, 0.2) is 0 Å². The highest BCUT2D eigenvalue weighted by atomic mass is 32.2. The Morgan fingerprint density at radius 3 is 2.60 bits per heavy atom. The van der Waals surface area contributed by atoms with Gasteiger partial charge < -0.3 is 5.32 Å². The Bertz CT molecular complexity index is 960. The van der Waals surface area contributed by atoms with Gasteiger partial charge in [-0.25, -0.2) is 17.2 Å². The van der Waals surface area contributed by atoms with Crippen LogP contribution in [0, 0.1) is 11.6 Å². The van der Waals surface area contributed by atoms with E-state index in [9.17, 15) is 22.0 Å². The monoisotopic (exact) mass is 366 g/mol. The fraction of sp³-hybridized carbons (Fsp3) is 0.235. The summed E-state index contributed by atoms with van der Waals surface area (Å²) in [6, 6.07) is 7.13. The van der Waals surface area contributed by atoms with E-state index < -0.39 is 27.6 Å². The molecule has 0 radical (unpaired) electrons. The van der Waals surface area contributed by atoms with Gasteiger partial charge in [-0.15, -0.1) is 0 Å². The van der Waals surface area contributed by atoms with Gasteiger partial charge in [0.05, 0.1) is 17.6 Å². The second-order valence-corrected chi connectivity index (χ2v) is 7.89. The van der Waals surface area contributed by atoms with Crippen molar-refractivity contribution in [3.8, 4) is 0 Å². The van der Waals surface area contributed by atoms with Crippen molar-refractivity contribution in [3.05, 3.63) is 59.2 Å². The lowest BCUT2D eigenvalue weighted by molar-refractivity contribution is 0.102. The second-order valence-electron chi connectivity index (χ2n) is 6.03. The van der Waals surface area contributed by atoms with Crippen LogP contribution in [0.4, 0.5) is 20.2 Å². The Morgan fingerprint density at radius 1 is 1.20 bits per heavy atom. The van der Waals surface area contributed by atoms with Crippen LogP contribution in [-0.4, -0.2) is 26.6 Å². The lowest BCUT2D eigenvalue weighted by Gasteiger charge is -2.21. The van der Waals surface area contributed by atoms with E-state index in [2.05, 4.69) is 5.32 Å². The third-order valence-corrected chi connectivity index (χ3v) is 5.30. The average Bonchev–Trinajstić information content (AvgIpc) is 2.85. The summed E-state index contributed by atoms with van der Waals surface area (Å²) in [5.41, 5.74) is 1.23. The van der Waals surface area contributed by atoms with E-state index in [0.717, 1.165) is 24.5 Å². The minimum atomic E-state index is -3.42. The SMILES string of the molecule is CC1Cc2cc(C(=O)Nc3cc(F)ccc3F)ccc2N1S(C)(=O)=O. The molecule has 0 saturated carbocycles. The molecular formula is C17H16F2N2O3S. The first-order chi connectivity index (χ1) is 11.7. The molecule has 0 fully saturated rings. The van der Waals surface area contributed by atoms with Crippen LogP contribution in [0.1, 0.15) is 22.8 Å². The number of fused-ring (bicyclic) bond motifs is 1. The van der Waals surface area contributed by atoms with Crippen molar-refractivity contribution in [1.82, 2.24) is 0 Å². The van der Waals surface area contributed by atoms with Crippen LogP contribution in [0.5, 0.6) is 0 Å². The van der Waals surface area contributed by atoms with Crippen molar-refractivity contribution in [2.24, 2.45) is 0 Å². The highest BCUT2D eigenvalue weighted by Gasteiger charge is 2.32. The zero-order chi connectivity index (χ0) is 18.4. The van der Waals surface area contributed by atoms with Crippen LogP contribution in [0.2, 0.25) is 0 Å². The average molecular weight is 366 g/mol. The first kappa shape index (κ1) is 17.3. The molecule has 5 nitrogen and oxygen atoms in total. The van der Waals surface area contributed by atoms with E-state index in [-0.39, 0.29) is 17.3 Å². The van der Waals surface area contributed by atoms with E-state index >= 15 is 0 Å². The Labute approximate surface area is 144 Å². The third-order valence-electron chi connectivity index (χ3n) is 4.03. The summed E-state index contributed by atoms with van der Waals surface area (Å²) in [4.78, 5) is 12.3. The first-order valence-corrected chi connectivity index (χ1v) is 9.40. The Balaban J connectivity index is 1.89. The van der Waals surface area contributed by atoms with E-state index in [1.54, 1.807) is 19.1 Å². The van der Waals surface area contributed by atoms with E-state index in [1.165, 1.54) is 10.4 Å². The number of nitrogens with zero attached hydrogens (tertiary/aromatic N) is 1. The van der Waals surface area contributed by atoms with Gasteiger partial charge in [-0.3, -0.25) is 9.10 Å². The van der Waals surface area contributed by atoms with Crippen LogP contribution < -0.4 is 9.62 Å². The normalized spacial score (nSPS) is 16.6. The summed E-state index contributed by atoms with van der Waals surface area (Å²) in [6.07, 6.45) is 1.60. The van der Waals surface area contributed by atoms with E-state index in [4.69, 9.17) is 0 Å². The summed E-state index contributed by atoms with van der Waals surface area (Å²) in [5.74, 6) is -2.01. The molecule has 132 valence electrons. The fourth-order valence-corrected chi connectivity index (χ4v) is 4.30. The molecule has 3 rings (SSSR count). The van der Waals surface area contributed by atoms with Gasteiger partial charge in [-0.2, -0.15) is 0 Å². The van der Waals surface area contributed by atoms with Gasteiger partial charge >= 0.3 is 0 Å². The number of benzene rings is 2. The molecule has 2 aromatic carbocycles. The molecule has 1 aliphatic rings. The first-order valence-electron chi connectivity index (χ1n) is 7.55. The number of anilines is 2. The van der Waals surface area contributed by atoms with Crippen molar-refractivity contribution < 1.29 is 22.0 Å². The van der Waals surface area contributed by atoms with Gasteiger partial charge in [0, 0.05) is 17.7 Å². The molecule has 0 spiro atoms. The molecule has 25 heavy (non-hydrogen) atoms. The zero-order valence-electron chi connectivity index (χ0n) is 13.6. The number of halogens is 2. The number of rotatable bonds is 3. The molecule has 1 N–H and O–H groups in total. The van der Waals surface area contributed by atoms with Crippen LogP contribution in [0.15, 0.2) is 36.4 Å². The second kappa shape index (κ2) is 6.11. The maximum atomic E-state index is 13.6. The smallest absolute Gasteiger partial charge is 0.255 e. The maximum absolute atomic E-state index is 13.6. The summed E-state index contributed by atoms with van der Waals surface area (Å²) >= 11 is 0. The molecule has 0 saturated heterocycles. The van der Waals surface area contributed by atoms with Crippen molar-refractivity contribution in [2.45, 2.75) is 19.4 Å². The standard InChI is InChI=1S/C17H16F2N2O3S/c1-10-7-12-8-11(3-6-16(12)21(10)25(2,23)24)17(22)20-15-9-13(18)4-5-14(15)19/h3-6,8-10H,7H2,1-2H3,(H,20,22). The minimum Gasteiger partial charge on any atom is -0.319 e. The van der Waals surface area contributed by atoms with E-state index in [1.807, 2.05) is 0 Å². The summed E-state index contributed by atoms with van der Waals surface area (Å²) in [6.45, 7) is 1.78. The molecule has 1 atom stereocenters. The number of amides is 1. The predicted octanol–water partition coefficient (Wildman–Crippen LogP) is 2.93. The van der Waals surface area contributed by atoms with Gasteiger partial charge in [0.25, 0.3) is 5.91 Å². The molecule has 0 bridgehead atoms. The molecule has 1 unspecified atom stereocenters. The minimum absolute atomic E-state index is 0.241. The summed E-state index contributed by atoms with van der Waals surface area (Å²) < 4.78 is 52.0. The van der Waals surface area contributed by atoms with Gasteiger partial charge in [-0.1, -0.05) is 0 Å². The van der Waals surface area contributed by atoms with Crippen LogP contribution in [-0.2, 0) is 16.4 Å². The number of carbonyl (C=O) groups is 1. The molecule has 0 aromatic heterocycles. The van der Waals surface area contributed by atoms with Crippen LogP contribution in [0.3, 0.4) is 0 Å². The molecular weight excluding hydrogens is 350 g/mol. The number of carbonyl (C=O) groups excluding carboxylic acids is 1. The Hall–Kier alpha value is -2.48. The zero-order valence-corrected chi connectivity index (χ0v) is 14.4. The molecule has 1 aliphatic heterocycles. The topological polar surface area (TPSA) is 66.5 Å². The molecule has 0 aliphatic carbocycles. The maximum Gasteiger partial charge on any atom is 0.255 e. The Kier molecular flexibility index (Phi) is 4.24. The quantitative estimate of drug-likeness (QED) is 0.908. The van der Waals surface area contributed by atoms with Gasteiger partial charge in [-0.05, 0) is 49.2 Å². The molecule has 1 amide bonds. The van der Waals surface area contributed by atoms with Crippen molar-refractivity contribution >= 4 is 27.3 Å². The van der Waals surface area contributed by atoms with Crippen molar-refractivity contribution in [3.63, 3.8) is 0 Å². The van der Waals surface area contributed by atoms with Gasteiger partial charge in [0.2, 0.25) is 10.0 Å². The molecule has 8 heteroatoms. The predicted molar refractivity (Wildman–Crippen MR) is 91.2 cm³/mol. The number of nitrogens with one attached hydrogen (secondary N) is 1. The highest BCUT2D eigenvalue weighted by molar-refractivity contribution is 7.92. The number of hydrogen-bond acceptors (Lipinski definition) is 3. The van der Waals surface area contributed by atoms with Crippen LogP contribution >= 0.6 is 0 Å². The number of sulfonamides is 1. The molecule has 2 aromatic rings. The van der Waals surface area contributed by atoms with Crippen LogP contribution in [0.25, 0.3) is 0 Å². The lowest BCUT2D eigenvalue weighted by atomic mass is 10.1. The number of hydrogen-bond donors (Lipinski definition) is 1. The summed E-state index contributed by atoms with van der Waals surface area (Å²) in [5, 5.41) is 2.33. The highest BCUT2D eigenvalue weighted by Crippen LogP contribution is 2.34. The van der Waals surface area contributed by atoms with Crippen molar-refractivity contribution in [2.75, 3.05) is 15.9 Å². The van der Waals surface area contributed by atoms with Gasteiger partial charge in [0.1, 0.15) is 11.6 Å². The fourth-order valence-electron chi connectivity index (χ4n) is 3.04. The Morgan fingerprint density at radius 2 is 1.92 bits per heavy atom. The largest absolute Gasteiger partial charge is 0.319 e. The lowest BCUT2D eigenvalue weighted by Crippen LogP contribution is -2.34.